The topological polar surface area (TPSA) is 111 Å². The van der Waals surface area contributed by atoms with Crippen LogP contribution in [-0.4, -0.2) is 90.2 Å². The van der Waals surface area contributed by atoms with Crippen molar-refractivity contribution >= 4 is 33.4 Å². The first-order valence-electron chi connectivity index (χ1n) is 11.9. The molecule has 10 nitrogen and oxygen atoms in total. The molecular formula is C24H24F3N5O5S. The van der Waals surface area contributed by atoms with Crippen molar-refractivity contribution in [2.24, 2.45) is 0 Å². The lowest BCUT2D eigenvalue weighted by Crippen LogP contribution is -2.47. The predicted octanol–water partition coefficient (Wildman–Crippen LogP) is 2.26. The molecule has 14 heteroatoms. The van der Waals surface area contributed by atoms with Crippen LogP contribution >= 0.6 is 0 Å². The van der Waals surface area contributed by atoms with Gasteiger partial charge in [-0.3, -0.25) is 14.6 Å². The Morgan fingerprint density at radius 3 is 2.24 bits per heavy atom. The summed E-state index contributed by atoms with van der Waals surface area (Å²) in [6.07, 6.45) is 2.29. The molecule has 0 radical (unpaired) electrons. The van der Waals surface area contributed by atoms with Gasteiger partial charge in [-0.2, -0.15) is 13.2 Å². The molecule has 0 N–H and O–H groups in total. The van der Waals surface area contributed by atoms with E-state index >= 15 is 0 Å². The summed E-state index contributed by atoms with van der Waals surface area (Å²) in [6.45, 7) is 2.66. The average Bonchev–Trinajstić information content (AvgIpc) is 3.66. The number of aromatic nitrogens is 1. The number of rotatable bonds is 5. The number of nitrogens with zero attached hydrogens (tertiary/aromatic N) is 5. The molecule has 3 fully saturated rings. The fourth-order valence-corrected chi connectivity index (χ4v) is 5.48. The largest absolute Gasteiger partial charge is 0.501 e. The Balaban J connectivity index is 1.36. The minimum atomic E-state index is -5.57. The van der Waals surface area contributed by atoms with E-state index in [1.807, 2.05) is 7.05 Å². The molecule has 38 heavy (non-hydrogen) atoms. The zero-order valence-electron chi connectivity index (χ0n) is 20.3. The van der Waals surface area contributed by atoms with E-state index in [1.54, 1.807) is 17.0 Å². The van der Waals surface area contributed by atoms with Crippen LogP contribution in [-0.2, 0) is 21.2 Å². The molecular weight excluding hydrogens is 527 g/mol. The van der Waals surface area contributed by atoms with E-state index in [-0.39, 0.29) is 23.8 Å². The van der Waals surface area contributed by atoms with Crippen LogP contribution in [0.2, 0.25) is 0 Å². The number of carbonyl (C=O) groups excluding carboxylic acids is 3. The third-order valence-corrected chi connectivity index (χ3v) is 8.65. The van der Waals surface area contributed by atoms with Crippen LogP contribution in [0.4, 0.5) is 23.7 Å². The number of amides is 4. The lowest BCUT2D eigenvalue weighted by atomic mass is 10.1. The maximum Gasteiger partial charge on any atom is 0.501 e. The molecule has 5 rings (SSSR count). The summed E-state index contributed by atoms with van der Waals surface area (Å²) in [6, 6.07) is 6.02. The van der Waals surface area contributed by atoms with Crippen LogP contribution in [0, 0.1) is 0 Å². The van der Waals surface area contributed by atoms with Gasteiger partial charge in [0.25, 0.3) is 21.7 Å². The molecule has 2 saturated heterocycles. The van der Waals surface area contributed by atoms with Crippen LogP contribution in [0.25, 0.3) is 0 Å². The van der Waals surface area contributed by atoms with Gasteiger partial charge >= 0.3 is 11.5 Å². The molecule has 1 aromatic heterocycles. The fourth-order valence-electron chi connectivity index (χ4n) is 4.71. The molecule has 2 aromatic rings. The number of benzene rings is 1. The van der Waals surface area contributed by atoms with Crippen molar-refractivity contribution in [2.75, 3.05) is 38.1 Å². The summed E-state index contributed by atoms with van der Waals surface area (Å²) >= 11 is 0. The van der Waals surface area contributed by atoms with E-state index in [2.05, 4.69) is 9.88 Å². The lowest BCUT2D eigenvalue weighted by molar-refractivity contribution is -0.120. The van der Waals surface area contributed by atoms with E-state index < -0.39 is 37.7 Å². The Morgan fingerprint density at radius 2 is 1.66 bits per heavy atom. The van der Waals surface area contributed by atoms with E-state index in [4.69, 9.17) is 0 Å². The molecule has 0 unspecified atom stereocenters. The predicted molar refractivity (Wildman–Crippen MR) is 128 cm³/mol. The molecule has 202 valence electrons. The molecule has 1 aromatic carbocycles. The summed E-state index contributed by atoms with van der Waals surface area (Å²) in [4.78, 5) is 48.8. The summed E-state index contributed by atoms with van der Waals surface area (Å²) in [7, 11) is -3.59. The summed E-state index contributed by atoms with van der Waals surface area (Å²) in [5.74, 6) is -0.753. The zero-order chi connectivity index (χ0) is 27.5. The Bertz CT molecular complexity index is 1400. The molecule has 0 atom stereocenters. The maximum atomic E-state index is 13.4. The van der Waals surface area contributed by atoms with Crippen molar-refractivity contribution in [3.8, 4) is 0 Å². The van der Waals surface area contributed by atoms with Gasteiger partial charge in [0.2, 0.25) is 0 Å². The number of piperazine rings is 1. The standard InChI is InChI=1S/C24H24F3N5O5S/c1-29-10-12-30(13-11-29)20(33)19-14-16(6-9-28-19)15-31-22(35)32(21(34)23(31)7-8-23)17-2-4-18(5-3-17)38(36,37)24(25,26)27/h2-6,9,14H,7-8,10-13,15H2,1H3. The van der Waals surface area contributed by atoms with Crippen molar-refractivity contribution in [1.82, 2.24) is 19.7 Å². The summed E-state index contributed by atoms with van der Waals surface area (Å²) < 4.78 is 61.9. The highest BCUT2D eigenvalue weighted by molar-refractivity contribution is 7.92. The number of likely N-dealkylation sites (N-methyl/N-ethyl adjacent to an activating group) is 1. The fraction of sp³-hybridized carbons (Fsp3) is 0.417. The first-order chi connectivity index (χ1) is 17.8. The Kier molecular flexibility index (Phi) is 6.21. The Labute approximate surface area is 216 Å². The highest BCUT2D eigenvalue weighted by Gasteiger charge is 2.65. The second kappa shape index (κ2) is 9.05. The molecule has 1 spiro atoms. The third kappa shape index (κ3) is 4.30. The number of hydrogen-bond acceptors (Lipinski definition) is 7. The van der Waals surface area contributed by atoms with Gasteiger partial charge in [0.1, 0.15) is 11.2 Å². The van der Waals surface area contributed by atoms with Crippen molar-refractivity contribution in [3.63, 3.8) is 0 Å². The number of urea groups is 1. The van der Waals surface area contributed by atoms with Gasteiger partial charge in [0.15, 0.2) is 0 Å². The maximum absolute atomic E-state index is 13.4. The number of halogens is 3. The highest BCUT2D eigenvalue weighted by atomic mass is 32.2. The van der Waals surface area contributed by atoms with E-state index in [1.165, 1.54) is 11.1 Å². The van der Waals surface area contributed by atoms with Gasteiger partial charge in [-0.15, -0.1) is 0 Å². The molecule has 2 aliphatic heterocycles. The zero-order valence-corrected chi connectivity index (χ0v) is 21.1. The number of anilines is 1. The molecule has 0 bridgehead atoms. The number of imide groups is 1. The second-order valence-corrected chi connectivity index (χ2v) is 11.6. The van der Waals surface area contributed by atoms with Crippen molar-refractivity contribution in [3.05, 3.63) is 53.9 Å². The first-order valence-corrected chi connectivity index (χ1v) is 13.3. The Hall–Kier alpha value is -3.52. The minimum Gasteiger partial charge on any atom is -0.335 e. The van der Waals surface area contributed by atoms with Crippen LogP contribution in [0.15, 0.2) is 47.5 Å². The second-order valence-electron chi connectivity index (χ2n) is 9.63. The van der Waals surface area contributed by atoms with Gasteiger partial charge in [-0.25, -0.2) is 18.1 Å². The number of alkyl halides is 3. The number of pyridine rings is 1. The lowest BCUT2D eigenvalue weighted by Gasteiger charge is -2.32. The summed E-state index contributed by atoms with van der Waals surface area (Å²) in [5.41, 5.74) is -5.77. The SMILES string of the molecule is CN1CCN(C(=O)c2cc(CN3C(=O)N(c4ccc(S(=O)(=O)C(F)(F)F)cc4)C(=O)C34CC4)ccn2)CC1. The van der Waals surface area contributed by atoms with E-state index in [9.17, 15) is 36.0 Å². The van der Waals surface area contributed by atoms with Crippen LogP contribution < -0.4 is 4.90 Å². The van der Waals surface area contributed by atoms with Gasteiger partial charge in [0, 0.05) is 38.9 Å². The molecule has 3 heterocycles. The van der Waals surface area contributed by atoms with Crippen LogP contribution in [0.5, 0.6) is 0 Å². The normalized spacial score (nSPS) is 19.9. The number of hydrogen-bond donors (Lipinski definition) is 0. The molecule has 1 aliphatic carbocycles. The number of carbonyl (C=O) groups is 3. The Morgan fingerprint density at radius 1 is 1.03 bits per heavy atom. The van der Waals surface area contributed by atoms with Gasteiger partial charge in [-0.05, 0) is 61.9 Å². The smallest absolute Gasteiger partial charge is 0.335 e. The molecule has 1 saturated carbocycles. The highest BCUT2D eigenvalue weighted by Crippen LogP contribution is 2.49. The molecule has 3 aliphatic rings. The van der Waals surface area contributed by atoms with E-state index in [0.29, 0.717) is 31.5 Å². The van der Waals surface area contributed by atoms with Crippen molar-refractivity contribution in [2.45, 2.75) is 35.3 Å². The van der Waals surface area contributed by atoms with Crippen LogP contribution in [0.3, 0.4) is 0 Å². The van der Waals surface area contributed by atoms with Crippen molar-refractivity contribution < 1.29 is 36.0 Å². The molecule has 4 amide bonds. The minimum absolute atomic E-state index is 0.0210. The van der Waals surface area contributed by atoms with Crippen molar-refractivity contribution in [1.29, 1.82) is 0 Å². The van der Waals surface area contributed by atoms with E-state index in [0.717, 1.165) is 42.3 Å². The first kappa shape index (κ1) is 26.1. The number of sulfone groups is 1. The third-order valence-electron chi connectivity index (χ3n) is 7.15. The average molecular weight is 552 g/mol. The van der Waals surface area contributed by atoms with Gasteiger partial charge < -0.3 is 14.7 Å². The van der Waals surface area contributed by atoms with Gasteiger partial charge in [-0.1, -0.05) is 0 Å². The monoisotopic (exact) mass is 551 g/mol. The summed E-state index contributed by atoms with van der Waals surface area (Å²) in [5, 5.41) is 0. The van der Waals surface area contributed by atoms with Crippen LogP contribution in [0.1, 0.15) is 28.9 Å². The quantitative estimate of drug-likeness (QED) is 0.524. The van der Waals surface area contributed by atoms with Gasteiger partial charge in [0.05, 0.1) is 10.6 Å².